The molecule has 7 heteroatoms. The molecular formula is C21H22N4O3. The summed E-state index contributed by atoms with van der Waals surface area (Å²) in [6.45, 7) is 5.32. The monoisotopic (exact) mass is 378 g/mol. The average Bonchev–Trinajstić information content (AvgIpc) is 3.44. The molecule has 2 N–H and O–H groups in total. The van der Waals surface area contributed by atoms with Gasteiger partial charge in [-0.3, -0.25) is 14.7 Å². The normalized spacial score (nSPS) is 13.7. The fourth-order valence-corrected chi connectivity index (χ4v) is 3.32. The van der Waals surface area contributed by atoms with Gasteiger partial charge in [0.2, 0.25) is 0 Å². The molecule has 144 valence electrons. The van der Waals surface area contributed by atoms with Crippen molar-refractivity contribution < 1.29 is 14.0 Å². The van der Waals surface area contributed by atoms with Crippen LogP contribution in [0.15, 0.2) is 40.8 Å². The number of furan rings is 1. The Morgan fingerprint density at radius 3 is 2.61 bits per heavy atom. The molecule has 1 fully saturated rings. The van der Waals surface area contributed by atoms with E-state index in [9.17, 15) is 9.59 Å². The molecule has 1 saturated heterocycles. The number of hydrogen-bond donors (Lipinski definition) is 2. The van der Waals surface area contributed by atoms with Gasteiger partial charge < -0.3 is 14.6 Å². The molecule has 4 rings (SSSR count). The molecule has 3 aromatic rings. The third-order valence-corrected chi connectivity index (χ3v) is 4.94. The molecule has 1 aliphatic heterocycles. The van der Waals surface area contributed by atoms with E-state index in [2.05, 4.69) is 15.5 Å². The number of H-pyrrole nitrogens is 1. The Kier molecular flexibility index (Phi) is 4.73. The zero-order chi connectivity index (χ0) is 19.7. The van der Waals surface area contributed by atoms with Gasteiger partial charge in [-0.15, -0.1) is 0 Å². The van der Waals surface area contributed by atoms with Crippen molar-refractivity contribution in [2.24, 2.45) is 0 Å². The van der Waals surface area contributed by atoms with E-state index in [-0.39, 0.29) is 17.5 Å². The van der Waals surface area contributed by atoms with Crippen molar-refractivity contribution in [1.82, 2.24) is 15.1 Å². The minimum atomic E-state index is -0.348. The number of carbonyl (C=O) groups excluding carboxylic acids is 2. The molecule has 0 radical (unpaired) electrons. The number of anilines is 1. The molecule has 1 aromatic carbocycles. The predicted octanol–water partition coefficient (Wildman–Crippen LogP) is 3.77. The molecule has 2 aromatic heterocycles. The van der Waals surface area contributed by atoms with E-state index in [0.717, 1.165) is 37.3 Å². The van der Waals surface area contributed by atoms with E-state index < -0.39 is 0 Å². The molecule has 0 unspecified atom stereocenters. The molecule has 2 amide bonds. The van der Waals surface area contributed by atoms with Crippen LogP contribution in [0.25, 0.3) is 11.5 Å². The van der Waals surface area contributed by atoms with Gasteiger partial charge in [-0.05, 0) is 56.5 Å². The third kappa shape index (κ3) is 3.55. The molecule has 0 saturated carbocycles. The maximum atomic E-state index is 12.6. The van der Waals surface area contributed by atoms with Crippen molar-refractivity contribution >= 4 is 17.5 Å². The van der Waals surface area contributed by atoms with E-state index in [1.54, 1.807) is 18.2 Å². The highest BCUT2D eigenvalue weighted by atomic mass is 16.3. The summed E-state index contributed by atoms with van der Waals surface area (Å²) in [6, 6.07) is 10.7. The zero-order valence-corrected chi connectivity index (χ0v) is 15.9. The number of carbonyl (C=O) groups is 2. The van der Waals surface area contributed by atoms with E-state index in [0.29, 0.717) is 22.7 Å². The molecular weight excluding hydrogens is 356 g/mol. The van der Waals surface area contributed by atoms with Crippen LogP contribution in [0.3, 0.4) is 0 Å². The van der Waals surface area contributed by atoms with Gasteiger partial charge in [0.15, 0.2) is 11.5 Å². The van der Waals surface area contributed by atoms with Crippen LogP contribution in [0.2, 0.25) is 0 Å². The van der Waals surface area contributed by atoms with E-state index in [4.69, 9.17) is 4.42 Å². The Hall–Kier alpha value is -3.35. The Morgan fingerprint density at radius 1 is 1.11 bits per heavy atom. The first-order valence-electron chi connectivity index (χ1n) is 9.35. The van der Waals surface area contributed by atoms with E-state index in [1.165, 1.54) is 0 Å². The first-order chi connectivity index (χ1) is 13.5. The van der Waals surface area contributed by atoms with Crippen molar-refractivity contribution in [3.63, 3.8) is 0 Å². The average molecular weight is 378 g/mol. The number of hydrogen-bond acceptors (Lipinski definition) is 4. The molecule has 7 nitrogen and oxygen atoms in total. The standard InChI is InChI=1S/C21H22N4O3/c1-13-5-7-15(21(27)25-9-3-4-10-25)11-16(13)22-20(26)18-12-17(23-24-18)19-8-6-14(2)28-19/h5-8,11-12H,3-4,9-10H2,1-2H3,(H,22,26)(H,23,24). The minimum Gasteiger partial charge on any atom is -0.460 e. The number of nitrogens with zero attached hydrogens (tertiary/aromatic N) is 2. The van der Waals surface area contributed by atoms with E-state index in [1.807, 2.05) is 36.9 Å². The summed E-state index contributed by atoms with van der Waals surface area (Å²) in [5.41, 5.74) is 2.95. The number of nitrogens with one attached hydrogen (secondary N) is 2. The van der Waals surface area contributed by atoms with Gasteiger partial charge in [-0.2, -0.15) is 5.10 Å². The van der Waals surface area contributed by atoms with Gasteiger partial charge >= 0.3 is 0 Å². The summed E-state index contributed by atoms with van der Waals surface area (Å²) < 4.78 is 5.55. The van der Waals surface area contributed by atoms with Gasteiger partial charge in [0, 0.05) is 30.4 Å². The van der Waals surface area contributed by atoms with Crippen molar-refractivity contribution in [2.45, 2.75) is 26.7 Å². The molecule has 3 heterocycles. The summed E-state index contributed by atoms with van der Waals surface area (Å²) >= 11 is 0. The predicted molar refractivity (Wildman–Crippen MR) is 105 cm³/mol. The minimum absolute atomic E-state index is 0.00300. The molecule has 28 heavy (non-hydrogen) atoms. The van der Waals surface area contributed by atoms with E-state index >= 15 is 0 Å². The molecule has 0 aliphatic carbocycles. The number of likely N-dealkylation sites (tertiary alicyclic amines) is 1. The smallest absolute Gasteiger partial charge is 0.276 e. The summed E-state index contributed by atoms with van der Waals surface area (Å²) in [6.07, 6.45) is 2.08. The number of aryl methyl sites for hydroxylation is 2. The molecule has 0 atom stereocenters. The van der Waals surface area contributed by atoms with Gasteiger partial charge in [0.05, 0.1) is 0 Å². The highest BCUT2D eigenvalue weighted by molar-refractivity contribution is 6.04. The van der Waals surface area contributed by atoms with Crippen molar-refractivity contribution in [2.75, 3.05) is 18.4 Å². The van der Waals surface area contributed by atoms with Crippen LogP contribution in [0, 0.1) is 13.8 Å². The van der Waals surface area contributed by atoms with Crippen LogP contribution in [0.4, 0.5) is 5.69 Å². The lowest BCUT2D eigenvalue weighted by molar-refractivity contribution is 0.0792. The first kappa shape index (κ1) is 18.0. The summed E-state index contributed by atoms with van der Waals surface area (Å²) in [7, 11) is 0. The number of aromatic amines is 1. The quantitative estimate of drug-likeness (QED) is 0.723. The van der Waals surface area contributed by atoms with Crippen LogP contribution in [0.1, 0.15) is 45.0 Å². The second-order valence-electron chi connectivity index (χ2n) is 7.06. The lowest BCUT2D eigenvalue weighted by Gasteiger charge is -2.16. The molecule has 0 bridgehead atoms. The van der Waals surface area contributed by atoms with Crippen LogP contribution in [0.5, 0.6) is 0 Å². The summed E-state index contributed by atoms with van der Waals surface area (Å²) in [5, 5.41) is 9.75. The third-order valence-electron chi connectivity index (χ3n) is 4.94. The van der Waals surface area contributed by atoms with Crippen molar-refractivity contribution in [3.8, 4) is 11.5 Å². The zero-order valence-electron chi connectivity index (χ0n) is 15.9. The van der Waals surface area contributed by atoms with Crippen LogP contribution in [-0.2, 0) is 0 Å². The molecule has 0 spiro atoms. The van der Waals surface area contributed by atoms with Gasteiger partial charge in [-0.1, -0.05) is 6.07 Å². The maximum Gasteiger partial charge on any atom is 0.276 e. The largest absolute Gasteiger partial charge is 0.460 e. The van der Waals surface area contributed by atoms with Crippen LogP contribution >= 0.6 is 0 Å². The van der Waals surface area contributed by atoms with Crippen molar-refractivity contribution in [1.29, 1.82) is 0 Å². The number of aromatic nitrogens is 2. The highest BCUT2D eigenvalue weighted by Crippen LogP contribution is 2.23. The SMILES string of the molecule is Cc1ccc(-c2cc(C(=O)Nc3cc(C(=O)N4CCCC4)ccc3C)n[nH]2)o1. The topological polar surface area (TPSA) is 91.2 Å². The van der Waals surface area contributed by atoms with Crippen molar-refractivity contribution in [3.05, 3.63) is 59.0 Å². The molecule has 1 aliphatic rings. The maximum absolute atomic E-state index is 12.6. The van der Waals surface area contributed by atoms with Gasteiger partial charge in [0.1, 0.15) is 11.5 Å². The number of amides is 2. The fraction of sp³-hybridized carbons (Fsp3) is 0.286. The second-order valence-corrected chi connectivity index (χ2v) is 7.06. The highest BCUT2D eigenvalue weighted by Gasteiger charge is 2.21. The lowest BCUT2D eigenvalue weighted by Crippen LogP contribution is -2.27. The number of benzene rings is 1. The lowest BCUT2D eigenvalue weighted by atomic mass is 10.1. The first-order valence-corrected chi connectivity index (χ1v) is 9.35. The second kappa shape index (κ2) is 7.34. The van der Waals surface area contributed by atoms with Gasteiger partial charge in [-0.25, -0.2) is 0 Å². The summed E-state index contributed by atoms with van der Waals surface area (Å²) in [5.74, 6) is 1.06. The Labute approximate surface area is 162 Å². The Bertz CT molecular complexity index is 1030. The Morgan fingerprint density at radius 2 is 1.89 bits per heavy atom. The Balaban J connectivity index is 1.52. The van der Waals surface area contributed by atoms with Crippen LogP contribution in [-0.4, -0.2) is 40.0 Å². The van der Waals surface area contributed by atoms with Crippen LogP contribution < -0.4 is 5.32 Å². The summed E-state index contributed by atoms with van der Waals surface area (Å²) in [4.78, 5) is 27.1. The van der Waals surface area contributed by atoms with Gasteiger partial charge in [0.25, 0.3) is 11.8 Å². The number of rotatable bonds is 4. The fourth-order valence-electron chi connectivity index (χ4n) is 3.32.